The van der Waals surface area contributed by atoms with E-state index in [1.54, 1.807) is 18.2 Å². The van der Waals surface area contributed by atoms with Crippen LogP contribution in [-0.4, -0.2) is 15.5 Å². The highest BCUT2D eigenvalue weighted by molar-refractivity contribution is 7.16. The van der Waals surface area contributed by atoms with Crippen molar-refractivity contribution in [3.63, 3.8) is 0 Å². The lowest BCUT2D eigenvalue weighted by Gasteiger charge is -2.07. The van der Waals surface area contributed by atoms with Crippen molar-refractivity contribution in [1.29, 1.82) is 0 Å². The number of fused-ring (bicyclic) bond motifs is 1. The van der Waals surface area contributed by atoms with E-state index in [1.165, 1.54) is 22.2 Å². The van der Waals surface area contributed by atoms with E-state index >= 15 is 0 Å². The van der Waals surface area contributed by atoms with Crippen LogP contribution in [0.3, 0.4) is 0 Å². The molecule has 0 N–H and O–H groups in total. The molecule has 1 aromatic carbocycles. The molecule has 5 nitrogen and oxygen atoms in total. The van der Waals surface area contributed by atoms with Gasteiger partial charge < -0.3 is 4.74 Å². The number of rotatable bonds is 5. The third-order valence-corrected chi connectivity index (χ3v) is 4.54. The maximum Gasteiger partial charge on any atom is 0.307 e. The first-order valence-electron chi connectivity index (χ1n) is 6.97. The lowest BCUT2D eigenvalue weighted by Crippen LogP contribution is -2.21. The second kappa shape index (κ2) is 6.93. The van der Waals surface area contributed by atoms with Crippen molar-refractivity contribution in [3.8, 4) is 0 Å². The number of ether oxygens (including phenoxy) is 1. The first-order valence-corrected chi connectivity index (χ1v) is 8.22. The fourth-order valence-electron chi connectivity index (χ4n) is 2.11. The number of nitrogens with zero attached hydrogens (tertiary/aromatic N) is 2. The summed E-state index contributed by atoms with van der Waals surface area (Å²) in [5.41, 5.74) is 0.608. The normalized spacial score (nSPS) is 10.8. The van der Waals surface area contributed by atoms with Crippen LogP contribution in [0.25, 0.3) is 10.2 Å². The molecule has 3 aromatic rings. The van der Waals surface area contributed by atoms with Gasteiger partial charge in [0.25, 0.3) is 5.56 Å². The van der Waals surface area contributed by atoms with Gasteiger partial charge in [0, 0.05) is 17.1 Å². The molecule has 0 saturated heterocycles. The van der Waals surface area contributed by atoms with Gasteiger partial charge in [0.15, 0.2) is 0 Å². The van der Waals surface area contributed by atoms with E-state index < -0.39 is 0 Å². The molecule has 0 saturated carbocycles. The Morgan fingerprint density at radius 3 is 2.96 bits per heavy atom. The van der Waals surface area contributed by atoms with Crippen molar-refractivity contribution < 1.29 is 9.53 Å². The minimum Gasteiger partial charge on any atom is -0.461 e. The molecule has 0 bridgehead atoms. The smallest absolute Gasteiger partial charge is 0.307 e. The Hall–Kier alpha value is -2.18. The predicted molar refractivity (Wildman–Crippen MR) is 89.7 cm³/mol. The number of carbonyl (C=O) groups excluding carboxylic acids is 1. The third-order valence-electron chi connectivity index (χ3n) is 3.35. The molecule has 0 aliphatic carbocycles. The molecule has 0 amide bonds. The zero-order valence-corrected chi connectivity index (χ0v) is 13.6. The Bertz CT molecular complexity index is 903. The van der Waals surface area contributed by atoms with Crippen LogP contribution in [0.15, 0.2) is 46.8 Å². The van der Waals surface area contributed by atoms with E-state index in [4.69, 9.17) is 16.3 Å². The summed E-state index contributed by atoms with van der Waals surface area (Å²) in [5, 5.41) is 2.95. The summed E-state index contributed by atoms with van der Waals surface area (Å²) >= 11 is 7.42. The van der Waals surface area contributed by atoms with Crippen LogP contribution in [-0.2, 0) is 22.7 Å². The van der Waals surface area contributed by atoms with Gasteiger partial charge in [-0.25, -0.2) is 4.98 Å². The zero-order chi connectivity index (χ0) is 16.2. The number of thiophene rings is 1. The minimum atomic E-state index is -0.387. The zero-order valence-electron chi connectivity index (χ0n) is 12.1. The number of aromatic nitrogens is 2. The summed E-state index contributed by atoms with van der Waals surface area (Å²) in [5.74, 6) is -0.387. The van der Waals surface area contributed by atoms with Gasteiger partial charge in [-0.3, -0.25) is 14.2 Å². The van der Waals surface area contributed by atoms with Crippen LogP contribution >= 0.6 is 22.9 Å². The fraction of sp³-hybridized carbons (Fsp3) is 0.188. The summed E-state index contributed by atoms with van der Waals surface area (Å²) in [6.45, 7) is 0.355. The Kier molecular flexibility index (Phi) is 4.73. The van der Waals surface area contributed by atoms with Gasteiger partial charge in [0.1, 0.15) is 11.4 Å². The van der Waals surface area contributed by atoms with Crippen LogP contribution in [0.4, 0.5) is 0 Å². The largest absolute Gasteiger partial charge is 0.461 e. The van der Waals surface area contributed by atoms with E-state index in [0.717, 1.165) is 5.56 Å². The average molecular weight is 349 g/mol. The maximum absolute atomic E-state index is 12.2. The molecule has 2 aromatic heterocycles. The number of hydrogen-bond donors (Lipinski definition) is 0. The second-order valence-corrected chi connectivity index (χ2v) is 6.19. The fourth-order valence-corrected chi connectivity index (χ4v) is 3.02. The Morgan fingerprint density at radius 2 is 2.13 bits per heavy atom. The molecule has 0 atom stereocenters. The topological polar surface area (TPSA) is 61.2 Å². The molecule has 2 heterocycles. The van der Waals surface area contributed by atoms with Gasteiger partial charge in [0.2, 0.25) is 0 Å². The number of esters is 1. The van der Waals surface area contributed by atoms with Gasteiger partial charge in [0.05, 0.1) is 18.1 Å². The standard InChI is InChI=1S/C16H13ClN2O3S/c17-13-4-2-1-3-11(13)9-22-14(20)5-7-19-10-18-15-12(16(19)21)6-8-23-15/h1-4,6,8,10H,5,7,9H2. The molecular formula is C16H13ClN2O3S. The number of aryl methyl sites for hydroxylation is 1. The molecule has 0 unspecified atom stereocenters. The molecule has 3 rings (SSSR count). The van der Waals surface area contributed by atoms with E-state index in [2.05, 4.69) is 4.98 Å². The van der Waals surface area contributed by atoms with Crippen LogP contribution in [0.2, 0.25) is 5.02 Å². The van der Waals surface area contributed by atoms with Gasteiger partial charge in [-0.05, 0) is 17.5 Å². The van der Waals surface area contributed by atoms with E-state index in [9.17, 15) is 9.59 Å². The molecule has 23 heavy (non-hydrogen) atoms. The lowest BCUT2D eigenvalue weighted by atomic mass is 10.2. The molecule has 7 heteroatoms. The van der Waals surface area contributed by atoms with Gasteiger partial charge in [-0.2, -0.15) is 0 Å². The van der Waals surface area contributed by atoms with E-state index in [-0.39, 0.29) is 31.1 Å². The lowest BCUT2D eigenvalue weighted by molar-refractivity contribution is -0.145. The minimum absolute atomic E-state index is 0.0989. The average Bonchev–Trinajstić information content (AvgIpc) is 3.03. The van der Waals surface area contributed by atoms with Gasteiger partial charge >= 0.3 is 5.97 Å². The van der Waals surface area contributed by atoms with Crippen LogP contribution in [0, 0.1) is 0 Å². The number of hydrogen-bond acceptors (Lipinski definition) is 5. The first-order chi connectivity index (χ1) is 11.1. The van der Waals surface area contributed by atoms with Crippen molar-refractivity contribution in [2.45, 2.75) is 19.6 Å². The van der Waals surface area contributed by atoms with Crippen molar-refractivity contribution in [2.24, 2.45) is 0 Å². The molecule has 0 aliphatic heterocycles. The molecule has 0 aliphatic rings. The summed E-state index contributed by atoms with van der Waals surface area (Å²) in [6, 6.07) is 8.92. The summed E-state index contributed by atoms with van der Waals surface area (Å²) in [4.78, 5) is 28.9. The number of benzene rings is 1. The van der Waals surface area contributed by atoms with E-state index in [1.807, 2.05) is 17.5 Å². The molecular weight excluding hydrogens is 336 g/mol. The third kappa shape index (κ3) is 3.60. The monoisotopic (exact) mass is 348 g/mol. The Morgan fingerprint density at radius 1 is 1.30 bits per heavy atom. The number of halogens is 1. The molecule has 0 fully saturated rings. The predicted octanol–water partition coefficient (Wildman–Crippen LogP) is 3.24. The maximum atomic E-state index is 12.2. The number of carbonyl (C=O) groups is 1. The van der Waals surface area contributed by atoms with Gasteiger partial charge in [-0.15, -0.1) is 11.3 Å². The van der Waals surface area contributed by atoms with E-state index in [0.29, 0.717) is 15.2 Å². The molecule has 0 radical (unpaired) electrons. The van der Waals surface area contributed by atoms with Crippen LogP contribution in [0.1, 0.15) is 12.0 Å². The van der Waals surface area contributed by atoms with Crippen molar-refractivity contribution in [3.05, 3.63) is 63.0 Å². The van der Waals surface area contributed by atoms with Crippen LogP contribution in [0.5, 0.6) is 0 Å². The van der Waals surface area contributed by atoms with Crippen molar-refractivity contribution in [1.82, 2.24) is 9.55 Å². The highest BCUT2D eigenvalue weighted by Gasteiger charge is 2.09. The SMILES string of the molecule is O=C(CCn1cnc2sccc2c1=O)OCc1ccccc1Cl. The van der Waals surface area contributed by atoms with Crippen molar-refractivity contribution in [2.75, 3.05) is 0 Å². The Balaban J connectivity index is 1.59. The molecule has 118 valence electrons. The highest BCUT2D eigenvalue weighted by atomic mass is 35.5. The second-order valence-electron chi connectivity index (χ2n) is 4.88. The summed E-state index contributed by atoms with van der Waals surface area (Å²) < 4.78 is 6.61. The summed E-state index contributed by atoms with van der Waals surface area (Å²) in [6.07, 6.45) is 1.56. The van der Waals surface area contributed by atoms with Gasteiger partial charge in [-0.1, -0.05) is 29.8 Å². The quantitative estimate of drug-likeness (QED) is 0.664. The summed E-state index contributed by atoms with van der Waals surface area (Å²) in [7, 11) is 0. The van der Waals surface area contributed by atoms with Crippen molar-refractivity contribution >= 4 is 39.1 Å². The Labute approximate surface area is 141 Å². The van der Waals surface area contributed by atoms with Crippen LogP contribution < -0.4 is 5.56 Å². The highest BCUT2D eigenvalue weighted by Crippen LogP contribution is 2.16. The first kappa shape index (κ1) is 15.7. The molecule has 0 spiro atoms.